The lowest BCUT2D eigenvalue weighted by Crippen LogP contribution is -2.41. The van der Waals surface area contributed by atoms with E-state index in [4.69, 9.17) is 9.47 Å². The number of fused-ring (bicyclic) bond motifs is 1. The number of nitrogens with one attached hydrogen (secondary N) is 2. The van der Waals surface area contributed by atoms with Crippen molar-refractivity contribution in [2.24, 2.45) is 5.41 Å². The van der Waals surface area contributed by atoms with Crippen LogP contribution in [0.3, 0.4) is 0 Å². The van der Waals surface area contributed by atoms with Gasteiger partial charge in [-0.3, -0.25) is 9.59 Å². The predicted molar refractivity (Wildman–Crippen MR) is 108 cm³/mol. The molecule has 1 atom stereocenters. The van der Waals surface area contributed by atoms with Gasteiger partial charge in [0.1, 0.15) is 18.5 Å². The second-order valence-corrected chi connectivity index (χ2v) is 7.91. The summed E-state index contributed by atoms with van der Waals surface area (Å²) in [5.74, 6) is 0.479. The monoisotopic (exact) mass is 386 g/mol. The molecule has 6 heteroatoms. The first-order chi connectivity index (χ1) is 13.5. The quantitative estimate of drug-likeness (QED) is 0.387. The van der Waals surface area contributed by atoms with Gasteiger partial charge in [0, 0.05) is 24.3 Å². The van der Waals surface area contributed by atoms with Crippen LogP contribution < -0.4 is 15.4 Å². The number of hydrogen-bond acceptors (Lipinski definition) is 5. The Morgan fingerprint density at radius 2 is 2.14 bits per heavy atom. The van der Waals surface area contributed by atoms with Crippen LogP contribution in [0.2, 0.25) is 0 Å². The predicted octanol–water partition coefficient (Wildman–Crippen LogP) is 3.22. The largest absolute Gasteiger partial charge is 0.489 e. The summed E-state index contributed by atoms with van der Waals surface area (Å²) in [5.41, 5.74) is 1.24. The Balaban J connectivity index is 1.63. The molecule has 1 unspecified atom stereocenters. The number of rotatable bonds is 9. The summed E-state index contributed by atoms with van der Waals surface area (Å²) in [6.07, 6.45) is 6.73. The van der Waals surface area contributed by atoms with E-state index in [1.807, 2.05) is 25.1 Å². The molecule has 1 fully saturated rings. The molecule has 1 saturated carbocycles. The average molecular weight is 386 g/mol. The van der Waals surface area contributed by atoms with Crippen molar-refractivity contribution >= 4 is 17.6 Å². The molecule has 1 aromatic carbocycles. The molecular weight excluding hydrogens is 356 g/mol. The number of hydrogen-bond donors (Lipinski definition) is 2. The second kappa shape index (κ2) is 9.24. The first kappa shape index (κ1) is 20.4. The van der Waals surface area contributed by atoms with Crippen molar-refractivity contribution in [1.29, 1.82) is 0 Å². The molecule has 28 heavy (non-hydrogen) atoms. The van der Waals surface area contributed by atoms with E-state index in [1.54, 1.807) is 6.08 Å². The minimum Gasteiger partial charge on any atom is -0.489 e. The molecule has 1 aliphatic carbocycles. The van der Waals surface area contributed by atoms with Crippen LogP contribution in [0.25, 0.3) is 0 Å². The molecule has 3 rings (SSSR count). The van der Waals surface area contributed by atoms with Gasteiger partial charge < -0.3 is 20.1 Å². The van der Waals surface area contributed by atoms with Crippen molar-refractivity contribution in [3.05, 3.63) is 36.4 Å². The standard InChI is InChI=1S/C22H30N2O4/c1-3-12-23-14-16(28-21(26)22(2)10-5-4-6-11-22)15-27-19-9-7-8-18-17(19)13-20(25)24-18/h3,7-9,16,23H,1,4-6,10-15H2,2H3,(H,24,25). The highest BCUT2D eigenvalue weighted by atomic mass is 16.6. The van der Waals surface area contributed by atoms with Gasteiger partial charge in [-0.05, 0) is 31.9 Å². The van der Waals surface area contributed by atoms with E-state index in [-0.39, 0.29) is 18.5 Å². The molecule has 0 bridgehead atoms. The minimum atomic E-state index is -0.410. The lowest BCUT2D eigenvalue weighted by molar-refractivity contribution is -0.163. The SMILES string of the molecule is C=CCNCC(COc1cccc2c1CC(=O)N2)OC(=O)C1(C)CCCCC1. The Kier molecular flexibility index (Phi) is 6.73. The highest BCUT2D eigenvalue weighted by molar-refractivity contribution is 6.00. The zero-order chi connectivity index (χ0) is 20.0. The van der Waals surface area contributed by atoms with Gasteiger partial charge in [0.25, 0.3) is 0 Å². The van der Waals surface area contributed by atoms with Gasteiger partial charge in [0.2, 0.25) is 5.91 Å². The van der Waals surface area contributed by atoms with Gasteiger partial charge in [0.15, 0.2) is 0 Å². The molecule has 2 aliphatic rings. The summed E-state index contributed by atoms with van der Waals surface area (Å²) >= 11 is 0. The van der Waals surface area contributed by atoms with E-state index in [9.17, 15) is 9.59 Å². The topological polar surface area (TPSA) is 76.7 Å². The van der Waals surface area contributed by atoms with Crippen LogP contribution in [-0.2, 0) is 20.7 Å². The molecule has 2 N–H and O–H groups in total. The highest BCUT2D eigenvalue weighted by Crippen LogP contribution is 2.37. The Morgan fingerprint density at radius 3 is 2.89 bits per heavy atom. The smallest absolute Gasteiger partial charge is 0.312 e. The van der Waals surface area contributed by atoms with Crippen LogP contribution in [-0.4, -0.2) is 37.7 Å². The summed E-state index contributed by atoms with van der Waals surface area (Å²) in [7, 11) is 0. The fourth-order valence-corrected chi connectivity index (χ4v) is 3.85. The molecular formula is C22H30N2O4. The average Bonchev–Trinajstić information content (AvgIpc) is 3.07. The summed E-state index contributed by atoms with van der Waals surface area (Å²) < 4.78 is 11.8. The van der Waals surface area contributed by atoms with Crippen LogP contribution >= 0.6 is 0 Å². The van der Waals surface area contributed by atoms with Crippen LogP contribution in [0.1, 0.15) is 44.6 Å². The lowest BCUT2D eigenvalue weighted by atomic mass is 9.76. The van der Waals surface area contributed by atoms with Gasteiger partial charge in [0.05, 0.1) is 11.8 Å². The Labute approximate surface area is 166 Å². The van der Waals surface area contributed by atoms with Gasteiger partial charge in [-0.2, -0.15) is 0 Å². The van der Waals surface area contributed by atoms with E-state index >= 15 is 0 Å². The molecule has 0 radical (unpaired) electrons. The van der Waals surface area contributed by atoms with Crippen LogP contribution in [0.5, 0.6) is 5.75 Å². The van der Waals surface area contributed by atoms with Crippen molar-refractivity contribution in [3.63, 3.8) is 0 Å². The zero-order valence-electron chi connectivity index (χ0n) is 16.6. The Hall–Kier alpha value is -2.34. The normalized spacial score (nSPS) is 18.7. The van der Waals surface area contributed by atoms with Gasteiger partial charge in [-0.15, -0.1) is 6.58 Å². The number of esters is 1. The van der Waals surface area contributed by atoms with E-state index in [2.05, 4.69) is 17.2 Å². The van der Waals surface area contributed by atoms with Crippen molar-refractivity contribution in [2.45, 2.75) is 51.6 Å². The zero-order valence-corrected chi connectivity index (χ0v) is 16.6. The number of ether oxygens (including phenoxy) is 2. The fraction of sp³-hybridized carbons (Fsp3) is 0.545. The Morgan fingerprint density at radius 1 is 1.36 bits per heavy atom. The van der Waals surface area contributed by atoms with Crippen molar-refractivity contribution in [3.8, 4) is 5.75 Å². The third kappa shape index (κ3) is 4.93. The van der Waals surface area contributed by atoms with Crippen molar-refractivity contribution in [2.75, 3.05) is 25.0 Å². The Bertz CT molecular complexity index is 725. The number of amides is 1. The molecule has 1 amide bonds. The maximum atomic E-state index is 12.8. The summed E-state index contributed by atoms with van der Waals surface area (Å²) in [4.78, 5) is 24.5. The third-order valence-electron chi connectivity index (χ3n) is 5.55. The summed E-state index contributed by atoms with van der Waals surface area (Å²) in [6, 6.07) is 5.55. The molecule has 1 heterocycles. The first-order valence-electron chi connectivity index (χ1n) is 10.1. The fourth-order valence-electron chi connectivity index (χ4n) is 3.85. The molecule has 6 nitrogen and oxygen atoms in total. The van der Waals surface area contributed by atoms with E-state index in [1.165, 1.54) is 6.42 Å². The van der Waals surface area contributed by atoms with Crippen LogP contribution in [0.15, 0.2) is 30.9 Å². The molecule has 1 aromatic rings. The van der Waals surface area contributed by atoms with E-state index in [0.29, 0.717) is 25.3 Å². The number of carbonyl (C=O) groups excluding carboxylic acids is 2. The summed E-state index contributed by atoms with van der Waals surface area (Å²) in [6.45, 7) is 7.06. The highest BCUT2D eigenvalue weighted by Gasteiger charge is 2.37. The molecule has 0 aromatic heterocycles. The second-order valence-electron chi connectivity index (χ2n) is 7.91. The van der Waals surface area contributed by atoms with Gasteiger partial charge in [-0.25, -0.2) is 0 Å². The summed E-state index contributed by atoms with van der Waals surface area (Å²) in [5, 5.41) is 6.03. The van der Waals surface area contributed by atoms with Gasteiger partial charge in [-0.1, -0.05) is 31.4 Å². The number of anilines is 1. The maximum absolute atomic E-state index is 12.8. The van der Waals surface area contributed by atoms with Crippen LogP contribution in [0, 0.1) is 5.41 Å². The van der Waals surface area contributed by atoms with Crippen molar-refractivity contribution in [1.82, 2.24) is 5.32 Å². The third-order valence-corrected chi connectivity index (χ3v) is 5.55. The maximum Gasteiger partial charge on any atom is 0.312 e. The van der Waals surface area contributed by atoms with Crippen LogP contribution in [0.4, 0.5) is 5.69 Å². The molecule has 0 spiro atoms. The molecule has 0 saturated heterocycles. The molecule has 152 valence electrons. The van der Waals surface area contributed by atoms with Crippen molar-refractivity contribution < 1.29 is 19.1 Å². The number of carbonyl (C=O) groups is 2. The van der Waals surface area contributed by atoms with Gasteiger partial charge >= 0.3 is 5.97 Å². The minimum absolute atomic E-state index is 0.0353. The lowest BCUT2D eigenvalue weighted by Gasteiger charge is -2.32. The number of benzene rings is 1. The molecule has 1 aliphatic heterocycles. The van der Waals surface area contributed by atoms with E-state index < -0.39 is 11.5 Å². The first-order valence-corrected chi connectivity index (χ1v) is 10.1. The van der Waals surface area contributed by atoms with E-state index in [0.717, 1.165) is 36.9 Å².